The van der Waals surface area contributed by atoms with Crippen molar-refractivity contribution in [1.82, 2.24) is 4.90 Å². The topological polar surface area (TPSA) is 69.6 Å². The predicted molar refractivity (Wildman–Crippen MR) is 69.8 cm³/mol. The minimum atomic E-state index is -0.148. The molecule has 18 heavy (non-hydrogen) atoms. The van der Waals surface area contributed by atoms with Crippen LogP contribution in [0.2, 0.25) is 0 Å². The lowest BCUT2D eigenvalue weighted by atomic mass is 10.3. The third-order valence-corrected chi connectivity index (χ3v) is 3.69. The van der Waals surface area contributed by atoms with Crippen LogP contribution in [0.3, 0.4) is 0 Å². The summed E-state index contributed by atoms with van der Waals surface area (Å²) in [7, 11) is 0. The number of anilines is 1. The molecule has 2 rings (SSSR count). The quantitative estimate of drug-likeness (QED) is 0.845. The van der Waals surface area contributed by atoms with Gasteiger partial charge in [0.05, 0.1) is 16.5 Å². The van der Waals surface area contributed by atoms with Crippen LogP contribution in [0.5, 0.6) is 0 Å². The first-order valence-electron chi connectivity index (χ1n) is 5.91. The highest BCUT2D eigenvalue weighted by Crippen LogP contribution is 2.30. The molecule has 0 unspecified atom stereocenters. The summed E-state index contributed by atoms with van der Waals surface area (Å²) in [6, 6.07) is 3.71. The standard InChI is InChI=1S/C12H16N2O3S/c1-8(16)13-11-5-4-10(18-11)12(17)14(6-7-15)9-2-3-9/h4-5,9,15H,2-3,6-7H2,1H3,(H,13,16). The third-order valence-electron chi connectivity index (χ3n) is 2.71. The van der Waals surface area contributed by atoms with Crippen molar-refractivity contribution in [3.63, 3.8) is 0 Å². The first kappa shape index (κ1) is 13.0. The summed E-state index contributed by atoms with van der Waals surface area (Å²) in [5.41, 5.74) is 0. The SMILES string of the molecule is CC(=O)Nc1ccc(C(=O)N(CCO)C2CC2)s1. The lowest BCUT2D eigenvalue weighted by molar-refractivity contribution is -0.114. The summed E-state index contributed by atoms with van der Waals surface area (Å²) in [6.07, 6.45) is 2.02. The summed E-state index contributed by atoms with van der Waals surface area (Å²) in [4.78, 5) is 25.4. The van der Waals surface area contributed by atoms with E-state index in [0.29, 0.717) is 16.4 Å². The fourth-order valence-electron chi connectivity index (χ4n) is 1.78. The fraction of sp³-hybridized carbons (Fsp3) is 0.500. The van der Waals surface area contributed by atoms with Crippen LogP contribution in [0.4, 0.5) is 5.00 Å². The second kappa shape index (κ2) is 5.49. The van der Waals surface area contributed by atoms with Crippen molar-refractivity contribution in [2.45, 2.75) is 25.8 Å². The lowest BCUT2D eigenvalue weighted by Crippen LogP contribution is -2.35. The third kappa shape index (κ3) is 3.08. The molecule has 6 heteroatoms. The highest BCUT2D eigenvalue weighted by molar-refractivity contribution is 7.18. The molecule has 1 aromatic heterocycles. The normalized spacial score (nSPS) is 14.3. The number of carbonyl (C=O) groups excluding carboxylic acids is 2. The van der Waals surface area contributed by atoms with Crippen molar-refractivity contribution in [3.8, 4) is 0 Å². The van der Waals surface area contributed by atoms with E-state index in [2.05, 4.69) is 5.32 Å². The van der Waals surface area contributed by atoms with Crippen LogP contribution in [-0.4, -0.2) is 41.0 Å². The maximum atomic E-state index is 12.2. The maximum Gasteiger partial charge on any atom is 0.264 e. The largest absolute Gasteiger partial charge is 0.395 e. The predicted octanol–water partition coefficient (Wildman–Crippen LogP) is 1.30. The molecule has 1 aromatic rings. The monoisotopic (exact) mass is 268 g/mol. The fourth-order valence-corrected chi connectivity index (χ4v) is 2.69. The van der Waals surface area contributed by atoms with Crippen molar-refractivity contribution in [3.05, 3.63) is 17.0 Å². The summed E-state index contributed by atoms with van der Waals surface area (Å²) in [5, 5.41) is 12.3. The van der Waals surface area contributed by atoms with Gasteiger partial charge in [-0.1, -0.05) is 0 Å². The summed E-state index contributed by atoms with van der Waals surface area (Å²) < 4.78 is 0. The molecule has 2 amide bonds. The van der Waals surface area contributed by atoms with Gasteiger partial charge >= 0.3 is 0 Å². The van der Waals surface area contributed by atoms with Gasteiger partial charge < -0.3 is 15.3 Å². The van der Waals surface area contributed by atoms with Crippen LogP contribution < -0.4 is 5.32 Å². The summed E-state index contributed by atoms with van der Waals surface area (Å²) in [6.45, 7) is 1.78. The average molecular weight is 268 g/mol. The van der Waals surface area contributed by atoms with E-state index in [-0.39, 0.29) is 24.5 Å². The van der Waals surface area contributed by atoms with Crippen molar-refractivity contribution >= 4 is 28.2 Å². The van der Waals surface area contributed by atoms with E-state index in [9.17, 15) is 9.59 Å². The van der Waals surface area contributed by atoms with Gasteiger partial charge in [0.2, 0.25) is 5.91 Å². The first-order chi connectivity index (χ1) is 8.61. The molecule has 1 aliphatic carbocycles. The Balaban J connectivity index is 2.06. The maximum absolute atomic E-state index is 12.2. The second-order valence-electron chi connectivity index (χ2n) is 4.30. The summed E-state index contributed by atoms with van der Waals surface area (Å²) >= 11 is 1.26. The zero-order valence-electron chi connectivity index (χ0n) is 10.2. The van der Waals surface area contributed by atoms with Crippen LogP contribution in [0.25, 0.3) is 0 Å². The van der Waals surface area contributed by atoms with Gasteiger partial charge in [-0.3, -0.25) is 9.59 Å². The molecule has 2 N–H and O–H groups in total. The van der Waals surface area contributed by atoms with E-state index in [1.54, 1.807) is 17.0 Å². The Morgan fingerprint density at radius 1 is 1.50 bits per heavy atom. The van der Waals surface area contributed by atoms with Gasteiger partial charge in [0, 0.05) is 19.5 Å². The van der Waals surface area contributed by atoms with Crippen LogP contribution in [0.15, 0.2) is 12.1 Å². The van der Waals surface area contributed by atoms with Gasteiger partial charge in [0.1, 0.15) is 0 Å². The van der Waals surface area contributed by atoms with E-state index >= 15 is 0 Å². The molecule has 0 aliphatic heterocycles. The lowest BCUT2D eigenvalue weighted by Gasteiger charge is -2.20. The van der Waals surface area contributed by atoms with Gasteiger partial charge in [-0.2, -0.15) is 0 Å². The molecule has 1 fully saturated rings. The number of aliphatic hydroxyl groups excluding tert-OH is 1. The van der Waals surface area contributed by atoms with Gasteiger partial charge in [0.25, 0.3) is 5.91 Å². The van der Waals surface area contributed by atoms with E-state index in [1.807, 2.05) is 0 Å². The van der Waals surface area contributed by atoms with Crippen LogP contribution in [0.1, 0.15) is 29.4 Å². The van der Waals surface area contributed by atoms with Crippen molar-refractivity contribution in [2.75, 3.05) is 18.5 Å². The number of carbonyl (C=O) groups is 2. The zero-order chi connectivity index (χ0) is 13.1. The summed E-state index contributed by atoms with van der Waals surface area (Å²) in [5.74, 6) is -0.210. The Morgan fingerprint density at radius 2 is 2.22 bits per heavy atom. The second-order valence-corrected chi connectivity index (χ2v) is 5.38. The zero-order valence-corrected chi connectivity index (χ0v) is 11.0. The number of nitrogens with zero attached hydrogens (tertiary/aromatic N) is 1. The first-order valence-corrected chi connectivity index (χ1v) is 6.72. The number of nitrogens with one attached hydrogen (secondary N) is 1. The van der Waals surface area contributed by atoms with Crippen LogP contribution in [-0.2, 0) is 4.79 Å². The molecule has 0 saturated heterocycles. The molecule has 0 aromatic carbocycles. The molecule has 5 nitrogen and oxygen atoms in total. The van der Waals surface area contributed by atoms with E-state index in [1.165, 1.54) is 18.3 Å². The van der Waals surface area contributed by atoms with Gasteiger partial charge in [0.15, 0.2) is 0 Å². The molecule has 0 radical (unpaired) electrons. The molecule has 0 bridgehead atoms. The number of aliphatic hydroxyl groups is 1. The van der Waals surface area contributed by atoms with Gasteiger partial charge in [-0.25, -0.2) is 0 Å². The van der Waals surface area contributed by atoms with E-state index in [4.69, 9.17) is 5.11 Å². The number of amides is 2. The molecular formula is C12H16N2O3S. The molecule has 0 atom stereocenters. The van der Waals surface area contributed by atoms with Crippen LogP contribution >= 0.6 is 11.3 Å². The number of hydrogen-bond donors (Lipinski definition) is 2. The Labute approximate surface area is 109 Å². The minimum absolute atomic E-state index is 0.0217. The Morgan fingerprint density at radius 3 is 2.78 bits per heavy atom. The molecular weight excluding hydrogens is 252 g/mol. The average Bonchev–Trinajstić information content (AvgIpc) is 3.05. The number of thiophene rings is 1. The van der Waals surface area contributed by atoms with E-state index < -0.39 is 0 Å². The molecule has 1 saturated carbocycles. The Kier molecular flexibility index (Phi) is 3.98. The van der Waals surface area contributed by atoms with Gasteiger partial charge in [-0.05, 0) is 25.0 Å². The highest BCUT2D eigenvalue weighted by Gasteiger charge is 2.33. The number of hydrogen-bond acceptors (Lipinski definition) is 4. The Hall–Kier alpha value is -1.40. The molecule has 0 spiro atoms. The Bertz CT molecular complexity index is 454. The smallest absolute Gasteiger partial charge is 0.264 e. The minimum Gasteiger partial charge on any atom is -0.395 e. The van der Waals surface area contributed by atoms with Crippen molar-refractivity contribution in [1.29, 1.82) is 0 Å². The number of rotatable bonds is 5. The van der Waals surface area contributed by atoms with Crippen LogP contribution in [0, 0.1) is 0 Å². The van der Waals surface area contributed by atoms with E-state index in [0.717, 1.165) is 12.8 Å². The van der Waals surface area contributed by atoms with Crippen molar-refractivity contribution in [2.24, 2.45) is 0 Å². The van der Waals surface area contributed by atoms with Gasteiger partial charge in [-0.15, -0.1) is 11.3 Å². The molecule has 98 valence electrons. The van der Waals surface area contributed by atoms with Crippen molar-refractivity contribution < 1.29 is 14.7 Å². The molecule has 1 heterocycles. The highest BCUT2D eigenvalue weighted by atomic mass is 32.1. The molecule has 1 aliphatic rings.